The molecular weight excluding hydrogens is 254 g/mol. The van der Waals surface area contributed by atoms with Crippen LogP contribution in [0.3, 0.4) is 0 Å². The summed E-state index contributed by atoms with van der Waals surface area (Å²) in [5.74, 6) is 0.104. The fraction of sp³-hybridized carbons (Fsp3) is 0.222. The Morgan fingerprint density at radius 2 is 2.12 bits per heavy atom. The predicted octanol–water partition coefficient (Wildman–Crippen LogP) is 1.33. The van der Waals surface area contributed by atoms with Crippen LogP contribution >= 0.6 is 10.7 Å². The maximum Gasteiger partial charge on any atom is 0.265 e. The quantitative estimate of drug-likeness (QED) is 0.774. The highest BCUT2D eigenvalue weighted by Crippen LogP contribution is 2.32. The molecule has 5 nitrogen and oxygen atoms in total. The van der Waals surface area contributed by atoms with Gasteiger partial charge in [0, 0.05) is 10.7 Å². The van der Waals surface area contributed by atoms with Crippen LogP contribution in [0.15, 0.2) is 23.1 Å². The highest BCUT2D eigenvalue weighted by Gasteiger charge is 2.24. The summed E-state index contributed by atoms with van der Waals surface area (Å²) in [6, 6.07) is 4.05. The first-order valence-corrected chi connectivity index (χ1v) is 6.75. The van der Waals surface area contributed by atoms with Gasteiger partial charge in [-0.3, -0.25) is 4.79 Å². The molecule has 0 unspecified atom stereocenters. The van der Waals surface area contributed by atoms with Crippen LogP contribution in [0.1, 0.15) is 6.92 Å². The molecule has 1 aliphatic heterocycles. The smallest absolute Gasteiger partial charge is 0.265 e. The average Bonchev–Trinajstić information content (AvgIpc) is 2.17. The predicted molar refractivity (Wildman–Crippen MR) is 58.2 cm³/mol. The van der Waals surface area contributed by atoms with Crippen molar-refractivity contribution in [1.29, 1.82) is 0 Å². The van der Waals surface area contributed by atoms with E-state index in [-0.39, 0.29) is 10.8 Å². The normalized spacial score (nSPS) is 19.6. The van der Waals surface area contributed by atoms with E-state index in [9.17, 15) is 13.2 Å². The highest BCUT2D eigenvalue weighted by atomic mass is 35.7. The van der Waals surface area contributed by atoms with Crippen LogP contribution in [-0.4, -0.2) is 20.4 Å². The molecule has 1 N–H and O–H groups in total. The Hall–Kier alpha value is -1.27. The zero-order chi connectivity index (χ0) is 11.9. The average molecular weight is 262 g/mol. The molecule has 1 aliphatic rings. The molecule has 1 heterocycles. The third kappa shape index (κ3) is 1.98. The molecule has 86 valence electrons. The van der Waals surface area contributed by atoms with E-state index in [0.717, 1.165) is 0 Å². The first-order chi connectivity index (χ1) is 7.38. The second-order valence-electron chi connectivity index (χ2n) is 3.35. The van der Waals surface area contributed by atoms with E-state index >= 15 is 0 Å². The zero-order valence-electron chi connectivity index (χ0n) is 8.23. The van der Waals surface area contributed by atoms with Crippen LogP contribution in [0.5, 0.6) is 5.75 Å². The maximum atomic E-state index is 11.3. The molecule has 1 atom stereocenters. The van der Waals surface area contributed by atoms with Crippen molar-refractivity contribution >= 4 is 31.3 Å². The van der Waals surface area contributed by atoms with E-state index in [1.165, 1.54) is 18.2 Å². The number of anilines is 1. The summed E-state index contributed by atoms with van der Waals surface area (Å²) in [6.07, 6.45) is -0.592. The van der Waals surface area contributed by atoms with Crippen molar-refractivity contribution in [2.24, 2.45) is 0 Å². The Kier molecular flexibility index (Phi) is 2.55. The number of amides is 1. The molecule has 1 aromatic rings. The molecule has 1 aromatic carbocycles. The number of rotatable bonds is 1. The molecule has 7 heteroatoms. The number of fused-ring (bicyclic) bond motifs is 1. The molecule has 16 heavy (non-hydrogen) atoms. The molecule has 0 aromatic heterocycles. The van der Waals surface area contributed by atoms with Gasteiger partial charge >= 0.3 is 0 Å². The lowest BCUT2D eigenvalue weighted by atomic mass is 10.2. The Bertz CT molecular complexity index is 555. The monoisotopic (exact) mass is 261 g/mol. The zero-order valence-corrected chi connectivity index (χ0v) is 9.80. The van der Waals surface area contributed by atoms with Crippen molar-refractivity contribution in [1.82, 2.24) is 0 Å². The minimum atomic E-state index is -3.80. The van der Waals surface area contributed by atoms with Crippen LogP contribution in [0, 0.1) is 0 Å². The summed E-state index contributed by atoms with van der Waals surface area (Å²) in [4.78, 5) is 11.2. The first kappa shape index (κ1) is 11.2. The Labute approximate surface area is 96.8 Å². The first-order valence-electron chi connectivity index (χ1n) is 4.44. The summed E-state index contributed by atoms with van der Waals surface area (Å²) in [7, 11) is 1.38. The number of carbonyl (C=O) groups excluding carboxylic acids is 1. The number of ether oxygens (including phenoxy) is 1. The van der Waals surface area contributed by atoms with Crippen LogP contribution in [0.2, 0.25) is 0 Å². The standard InChI is InChI=1S/C9H8ClNO4S/c1-5-9(12)11-7-4-6(16(10,13)14)2-3-8(7)15-5/h2-5H,1H3,(H,11,12)/t5-/m1/s1. The van der Waals surface area contributed by atoms with Crippen molar-refractivity contribution in [3.8, 4) is 5.75 Å². The number of hydrogen-bond acceptors (Lipinski definition) is 4. The van der Waals surface area contributed by atoms with E-state index in [1.54, 1.807) is 6.92 Å². The number of hydrogen-bond donors (Lipinski definition) is 1. The minimum Gasteiger partial charge on any atom is -0.479 e. The fourth-order valence-corrected chi connectivity index (χ4v) is 2.12. The molecule has 0 saturated carbocycles. The number of benzene rings is 1. The second kappa shape index (κ2) is 3.64. The lowest BCUT2D eigenvalue weighted by molar-refractivity contribution is -0.122. The van der Waals surface area contributed by atoms with Crippen molar-refractivity contribution in [2.45, 2.75) is 17.9 Å². The van der Waals surface area contributed by atoms with E-state index in [1.807, 2.05) is 0 Å². The molecule has 2 rings (SSSR count). The Morgan fingerprint density at radius 3 is 2.75 bits per heavy atom. The third-order valence-electron chi connectivity index (χ3n) is 2.16. The van der Waals surface area contributed by atoms with E-state index < -0.39 is 15.2 Å². The molecule has 0 spiro atoms. The number of halogens is 1. The highest BCUT2D eigenvalue weighted by molar-refractivity contribution is 8.13. The van der Waals surface area contributed by atoms with E-state index in [0.29, 0.717) is 11.4 Å². The molecule has 0 bridgehead atoms. The summed E-state index contributed by atoms with van der Waals surface area (Å²) in [5.41, 5.74) is 0.310. The molecule has 0 aliphatic carbocycles. The molecular formula is C9H8ClNO4S. The van der Waals surface area contributed by atoms with Crippen molar-refractivity contribution < 1.29 is 17.9 Å². The van der Waals surface area contributed by atoms with Gasteiger partial charge in [-0.25, -0.2) is 8.42 Å². The van der Waals surface area contributed by atoms with Gasteiger partial charge in [-0.05, 0) is 25.1 Å². The minimum absolute atomic E-state index is 0.0774. The van der Waals surface area contributed by atoms with Gasteiger partial charge in [0.05, 0.1) is 10.6 Å². The molecule has 0 fully saturated rings. The van der Waals surface area contributed by atoms with Crippen LogP contribution in [-0.2, 0) is 13.8 Å². The van der Waals surface area contributed by atoms with Gasteiger partial charge in [-0.1, -0.05) is 0 Å². The second-order valence-corrected chi connectivity index (χ2v) is 5.91. The summed E-state index contributed by atoms with van der Waals surface area (Å²) >= 11 is 0. The van der Waals surface area contributed by atoms with Gasteiger partial charge in [0.1, 0.15) is 5.75 Å². The number of nitrogens with one attached hydrogen (secondary N) is 1. The van der Waals surface area contributed by atoms with Crippen LogP contribution < -0.4 is 10.1 Å². The van der Waals surface area contributed by atoms with Crippen LogP contribution in [0.25, 0.3) is 0 Å². The lowest BCUT2D eigenvalue weighted by Gasteiger charge is -2.23. The third-order valence-corrected chi connectivity index (χ3v) is 3.51. The van der Waals surface area contributed by atoms with Gasteiger partial charge in [-0.15, -0.1) is 0 Å². The fourth-order valence-electron chi connectivity index (χ4n) is 1.34. The van der Waals surface area contributed by atoms with E-state index in [4.69, 9.17) is 15.4 Å². The Morgan fingerprint density at radius 1 is 1.44 bits per heavy atom. The summed E-state index contributed by atoms with van der Waals surface area (Å²) in [6.45, 7) is 1.60. The van der Waals surface area contributed by atoms with Gasteiger partial charge in [0.15, 0.2) is 6.10 Å². The van der Waals surface area contributed by atoms with Gasteiger partial charge < -0.3 is 10.1 Å². The van der Waals surface area contributed by atoms with Gasteiger partial charge in [0.25, 0.3) is 15.0 Å². The van der Waals surface area contributed by atoms with E-state index in [2.05, 4.69) is 5.32 Å². The van der Waals surface area contributed by atoms with Crippen molar-refractivity contribution in [3.63, 3.8) is 0 Å². The largest absolute Gasteiger partial charge is 0.479 e. The summed E-state index contributed by atoms with van der Waals surface area (Å²) in [5, 5.41) is 2.54. The van der Waals surface area contributed by atoms with Crippen LogP contribution in [0.4, 0.5) is 5.69 Å². The van der Waals surface area contributed by atoms with Gasteiger partial charge in [0.2, 0.25) is 0 Å². The molecule has 0 saturated heterocycles. The Balaban J connectivity index is 2.48. The topological polar surface area (TPSA) is 72.5 Å². The van der Waals surface area contributed by atoms with Crippen molar-refractivity contribution in [2.75, 3.05) is 5.32 Å². The van der Waals surface area contributed by atoms with Gasteiger partial charge in [-0.2, -0.15) is 0 Å². The lowest BCUT2D eigenvalue weighted by Crippen LogP contribution is -2.34. The SMILES string of the molecule is C[C@H]1Oc2ccc(S(=O)(=O)Cl)cc2NC1=O. The van der Waals surface area contributed by atoms with Crippen molar-refractivity contribution in [3.05, 3.63) is 18.2 Å². The number of carbonyl (C=O) groups is 1. The molecule has 0 radical (unpaired) electrons. The summed E-state index contributed by atoms with van der Waals surface area (Å²) < 4.78 is 27.4. The molecule has 1 amide bonds. The maximum absolute atomic E-state index is 11.3.